The highest BCUT2D eigenvalue weighted by molar-refractivity contribution is 5.80. The van der Waals surface area contributed by atoms with Crippen LogP contribution >= 0.6 is 0 Å². The Morgan fingerprint density at radius 3 is 2.68 bits per heavy atom. The third-order valence-electron chi connectivity index (χ3n) is 5.08. The van der Waals surface area contributed by atoms with Gasteiger partial charge in [0, 0.05) is 13.6 Å². The Labute approximate surface area is 151 Å². The Hall–Kier alpha value is -1.62. The van der Waals surface area contributed by atoms with Crippen molar-refractivity contribution in [2.45, 2.75) is 46.1 Å². The van der Waals surface area contributed by atoms with Gasteiger partial charge in [-0.15, -0.1) is 0 Å². The summed E-state index contributed by atoms with van der Waals surface area (Å²) in [5, 5.41) is 6.80. The number of likely N-dealkylation sites (tertiary alicyclic amines) is 1. The quantitative estimate of drug-likeness (QED) is 0.611. The van der Waals surface area contributed by atoms with Crippen LogP contribution < -0.4 is 10.6 Å². The lowest BCUT2D eigenvalue weighted by Crippen LogP contribution is -2.43. The predicted octanol–water partition coefficient (Wildman–Crippen LogP) is 3.48. The third-order valence-corrected chi connectivity index (χ3v) is 5.08. The van der Waals surface area contributed by atoms with Gasteiger partial charge in [0.25, 0.3) is 0 Å². The minimum Gasteiger partial charge on any atom is -0.356 e. The number of hydrogen-bond acceptors (Lipinski definition) is 2. The van der Waals surface area contributed by atoms with E-state index in [0.29, 0.717) is 11.5 Å². The third kappa shape index (κ3) is 5.99. The van der Waals surface area contributed by atoms with E-state index in [1.54, 1.807) is 20.0 Å². The molecule has 1 aliphatic rings. The summed E-state index contributed by atoms with van der Waals surface area (Å²) < 4.78 is 13.8. The van der Waals surface area contributed by atoms with E-state index < -0.39 is 0 Å². The zero-order chi connectivity index (χ0) is 18.2. The van der Waals surface area contributed by atoms with E-state index in [2.05, 4.69) is 27.4 Å². The summed E-state index contributed by atoms with van der Waals surface area (Å²) >= 11 is 0. The summed E-state index contributed by atoms with van der Waals surface area (Å²) in [5.74, 6) is 1.32. The second-order valence-electron chi connectivity index (χ2n) is 7.11. The van der Waals surface area contributed by atoms with E-state index in [1.165, 1.54) is 38.9 Å². The number of nitrogens with zero attached hydrogens (tertiary/aromatic N) is 2. The highest BCUT2D eigenvalue weighted by Gasteiger charge is 2.19. The summed E-state index contributed by atoms with van der Waals surface area (Å²) in [4.78, 5) is 6.87. The fourth-order valence-electron chi connectivity index (χ4n) is 3.33. The Kier molecular flexibility index (Phi) is 7.69. The van der Waals surface area contributed by atoms with Crippen LogP contribution in [0.3, 0.4) is 0 Å². The second kappa shape index (κ2) is 9.76. The van der Waals surface area contributed by atoms with Crippen molar-refractivity contribution in [3.05, 3.63) is 35.1 Å². The smallest absolute Gasteiger partial charge is 0.191 e. The van der Waals surface area contributed by atoms with Crippen LogP contribution in [0, 0.1) is 18.7 Å². The first-order valence-electron chi connectivity index (χ1n) is 9.49. The number of hydrogen-bond donors (Lipinski definition) is 2. The van der Waals surface area contributed by atoms with Crippen molar-refractivity contribution in [3.63, 3.8) is 0 Å². The topological polar surface area (TPSA) is 39.7 Å². The summed E-state index contributed by atoms with van der Waals surface area (Å²) in [5.41, 5.74) is 1.60. The van der Waals surface area contributed by atoms with Crippen LogP contribution in [0.4, 0.5) is 4.39 Å². The first-order chi connectivity index (χ1) is 12.0. The molecule has 0 spiro atoms. The molecule has 1 aromatic carbocycles. The van der Waals surface area contributed by atoms with Gasteiger partial charge in [0.1, 0.15) is 5.82 Å². The molecule has 1 aromatic rings. The Morgan fingerprint density at radius 2 is 2.08 bits per heavy atom. The van der Waals surface area contributed by atoms with Crippen LogP contribution in [0.2, 0.25) is 0 Å². The Bertz CT molecular complexity index is 565. The number of rotatable bonds is 6. The number of piperidine rings is 1. The van der Waals surface area contributed by atoms with Gasteiger partial charge in [-0.1, -0.05) is 19.1 Å². The molecule has 1 atom stereocenters. The van der Waals surface area contributed by atoms with Crippen molar-refractivity contribution < 1.29 is 4.39 Å². The number of benzene rings is 1. The van der Waals surface area contributed by atoms with E-state index in [4.69, 9.17) is 0 Å². The summed E-state index contributed by atoms with van der Waals surface area (Å²) in [6, 6.07) is 5.40. The lowest BCUT2D eigenvalue weighted by atomic mass is 9.97. The maximum absolute atomic E-state index is 13.8. The van der Waals surface area contributed by atoms with E-state index in [1.807, 2.05) is 19.1 Å². The van der Waals surface area contributed by atoms with Crippen molar-refractivity contribution in [3.8, 4) is 0 Å². The predicted molar refractivity (Wildman–Crippen MR) is 104 cm³/mol. The molecule has 140 valence electrons. The SMILES string of the molecule is CCCN1CCC(CNC(=NC)NC(C)c2ccc(C)c(F)c2)CC1. The van der Waals surface area contributed by atoms with Gasteiger partial charge in [-0.3, -0.25) is 4.99 Å². The normalized spacial score (nSPS) is 18.2. The number of nitrogens with one attached hydrogen (secondary N) is 2. The molecule has 0 saturated carbocycles. The molecule has 25 heavy (non-hydrogen) atoms. The van der Waals surface area contributed by atoms with E-state index >= 15 is 0 Å². The van der Waals surface area contributed by atoms with E-state index in [-0.39, 0.29) is 11.9 Å². The summed E-state index contributed by atoms with van der Waals surface area (Å²) in [6.45, 7) is 10.6. The molecule has 5 heteroatoms. The lowest BCUT2D eigenvalue weighted by molar-refractivity contribution is 0.185. The molecule has 0 radical (unpaired) electrons. The van der Waals surface area contributed by atoms with Gasteiger partial charge in [-0.05, 0) is 75.9 Å². The first-order valence-corrected chi connectivity index (χ1v) is 9.49. The lowest BCUT2D eigenvalue weighted by Gasteiger charge is -2.32. The molecular weight excluding hydrogens is 315 g/mol. The molecule has 1 aliphatic heterocycles. The van der Waals surface area contributed by atoms with Gasteiger partial charge >= 0.3 is 0 Å². The van der Waals surface area contributed by atoms with Crippen LogP contribution in [-0.2, 0) is 0 Å². The molecule has 1 unspecified atom stereocenters. The van der Waals surface area contributed by atoms with E-state index in [0.717, 1.165) is 18.1 Å². The first kappa shape index (κ1) is 19.7. The molecule has 0 amide bonds. The minimum atomic E-state index is -0.159. The van der Waals surface area contributed by atoms with Crippen molar-refractivity contribution in [1.29, 1.82) is 0 Å². The van der Waals surface area contributed by atoms with Gasteiger partial charge in [0.2, 0.25) is 0 Å². The van der Waals surface area contributed by atoms with Gasteiger partial charge < -0.3 is 15.5 Å². The average molecular weight is 349 g/mol. The molecule has 1 saturated heterocycles. The van der Waals surface area contributed by atoms with Gasteiger partial charge in [0.05, 0.1) is 6.04 Å². The van der Waals surface area contributed by atoms with Crippen LogP contribution in [0.25, 0.3) is 0 Å². The standard InChI is InChI=1S/C20H33FN4/c1-5-10-25-11-8-17(9-12-25)14-23-20(22-4)24-16(3)18-7-6-15(2)19(21)13-18/h6-7,13,16-17H,5,8-12,14H2,1-4H3,(H2,22,23,24). The monoisotopic (exact) mass is 348 g/mol. The van der Waals surface area contributed by atoms with Crippen LogP contribution in [-0.4, -0.2) is 44.1 Å². The maximum atomic E-state index is 13.8. The zero-order valence-electron chi connectivity index (χ0n) is 16.1. The minimum absolute atomic E-state index is 0.00713. The average Bonchev–Trinajstić information content (AvgIpc) is 2.62. The fraction of sp³-hybridized carbons (Fsp3) is 0.650. The largest absolute Gasteiger partial charge is 0.356 e. The molecule has 1 fully saturated rings. The zero-order valence-corrected chi connectivity index (χ0v) is 16.1. The highest BCUT2D eigenvalue weighted by atomic mass is 19.1. The van der Waals surface area contributed by atoms with Crippen molar-refractivity contribution in [1.82, 2.24) is 15.5 Å². The van der Waals surface area contributed by atoms with Crippen molar-refractivity contribution >= 4 is 5.96 Å². The molecule has 0 aromatic heterocycles. The maximum Gasteiger partial charge on any atom is 0.191 e. The number of aryl methyl sites for hydroxylation is 1. The molecule has 0 aliphatic carbocycles. The second-order valence-corrected chi connectivity index (χ2v) is 7.11. The van der Waals surface area contributed by atoms with Crippen LogP contribution in [0.1, 0.15) is 50.3 Å². The summed E-state index contributed by atoms with van der Waals surface area (Å²) in [7, 11) is 1.78. The van der Waals surface area contributed by atoms with Gasteiger partial charge in [-0.2, -0.15) is 0 Å². The van der Waals surface area contributed by atoms with Crippen molar-refractivity contribution in [2.75, 3.05) is 33.2 Å². The van der Waals surface area contributed by atoms with E-state index in [9.17, 15) is 4.39 Å². The Morgan fingerprint density at radius 1 is 1.36 bits per heavy atom. The number of halogens is 1. The van der Waals surface area contributed by atoms with Gasteiger partial charge in [-0.25, -0.2) is 4.39 Å². The van der Waals surface area contributed by atoms with Crippen LogP contribution in [0.15, 0.2) is 23.2 Å². The molecule has 0 bridgehead atoms. The van der Waals surface area contributed by atoms with Crippen LogP contribution in [0.5, 0.6) is 0 Å². The molecule has 2 rings (SSSR count). The summed E-state index contributed by atoms with van der Waals surface area (Å²) in [6.07, 6.45) is 3.71. The number of guanidine groups is 1. The molecule has 2 N–H and O–H groups in total. The molecule has 4 nitrogen and oxygen atoms in total. The van der Waals surface area contributed by atoms with Gasteiger partial charge in [0.15, 0.2) is 5.96 Å². The number of aliphatic imine (C=N–C) groups is 1. The highest BCUT2D eigenvalue weighted by Crippen LogP contribution is 2.17. The fourth-order valence-corrected chi connectivity index (χ4v) is 3.33. The molecular formula is C20H33FN4. The Balaban J connectivity index is 1.79. The van der Waals surface area contributed by atoms with Crippen molar-refractivity contribution in [2.24, 2.45) is 10.9 Å². The molecule has 1 heterocycles.